The molecule has 0 aliphatic carbocycles. The Bertz CT molecular complexity index is 70.8. The van der Waals surface area contributed by atoms with Gasteiger partial charge < -0.3 is 15.9 Å². The van der Waals surface area contributed by atoms with Gasteiger partial charge in [-0.25, -0.2) is 0 Å². The maximum atomic E-state index is 8.24. The molecule has 0 saturated carbocycles. The summed E-state index contributed by atoms with van der Waals surface area (Å²) in [5, 5.41) is 16.5. The van der Waals surface area contributed by atoms with E-state index in [2.05, 4.69) is 0 Å². The Labute approximate surface area is 48.4 Å². The van der Waals surface area contributed by atoms with E-state index in [1.807, 2.05) is 0 Å². The normalized spacial score (nSPS) is 11.5. The summed E-state index contributed by atoms with van der Waals surface area (Å²) in [6.07, 6.45) is 2.33. The van der Waals surface area contributed by atoms with E-state index < -0.39 is 6.29 Å². The molecule has 0 aromatic rings. The maximum absolute atomic E-state index is 8.24. The van der Waals surface area contributed by atoms with Crippen LogP contribution in [0, 0.1) is 0 Å². The highest BCUT2D eigenvalue weighted by atomic mass is 16.5. The third-order valence-electron chi connectivity index (χ3n) is 0.650. The molecular formula is C5H11NO2. The molecule has 4 N–H and O–H groups in total. The zero-order valence-electron chi connectivity index (χ0n) is 4.62. The maximum Gasteiger partial charge on any atom is 0.154 e. The van der Waals surface area contributed by atoms with Crippen LogP contribution in [0.4, 0.5) is 0 Å². The molecule has 0 heterocycles. The number of hydrogen-bond donors (Lipinski definition) is 3. The Balaban J connectivity index is 3.03. The van der Waals surface area contributed by atoms with Crippen molar-refractivity contribution in [2.24, 2.45) is 5.73 Å². The van der Waals surface area contributed by atoms with Gasteiger partial charge in [0.2, 0.25) is 0 Å². The smallest absolute Gasteiger partial charge is 0.154 e. The molecule has 0 aromatic heterocycles. The first-order valence-electron chi connectivity index (χ1n) is 2.48. The second kappa shape index (κ2) is 4.77. The second-order valence-electron chi connectivity index (χ2n) is 1.42. The number of aliphatic hydroxyl groups is 2. The highest BCUT2D eigenvalue weighted by Gasteiger charge is 1.88. The first kappa shape index (κ1) is 7.62. The summed E-state index contributed by atoms with van der Waals surface area (Å²) in [5.74, 6) is 0. The van der Waals surface area contributed by atoms with Gasteiger partial charge in [0.05, 0.1) is 0 Å². The average Bonchev–Trinajstić information content (AvgIpc) is 1.66. The molecule has 0 atom stereocenters. The van der Waals surface area contributed by atoms with Crippen LogP contribution in [0.1, 0.15) is 6.42 Å². The van der Waals surface area contributed by atoms with Crippen LogP contribution in [-0.4, -0.2) is 23.0 Å². The van der Waals surface area contributed by atoms with Crippen molar-refractivity contribution in [3.05, 3.63) is 12.2 Å². The summed E-state index contributed by atoms with van der Waals surface area (Å²) < 4.78 is 0. The van der Waals surface area contributed by atoms with Gasteiger partial charge in [0.15, 0.2) is 6.29 Å². The van der Waals surface area contributed by atoms with Crippen molar-refractivity contribution in [3.8, 4) is 0 Å². The predicted octanol–water partition coefficient (Wildman–Crippen LogP) is -0.798. The first-order chi connectivity index (χ1) is 3.77. The fourth-order valence-electron chi connectivity index (χ4n) is 0.314. The Kier molecular flexibility index (Phi) is 4.54. The second-order valence-corrected chi connectivity index (χ2v) is 1.42. The van der Waals surface area contributed by atoms with Crippen molar-refractivity contribution < 1.29 is 10.2 Å². The molecule has 8 heavy (non-hydrogen) atoms. The Morgan fingerprint density at radius 3 is 2.38 bits per heavy atom. The molecule has 0 saturated heterocycles. The van der Waals surface area contributed by atoms with Crippen LogP contribution in [0.5, 0.6) is 0 Å². The number of aliphatic hydroxyl groups excluding tert-OH is 1. The van der Waals surface area contributed by atoms with E-state index in [-0.39, 0.29) is 6.42 Å². The van der Waals surface area contributed by atoms with Crippen molar-refractivity contribution in [2.45, 2.75) is 12.7 Å². The largest absolute Gasteiger partial charge is 0.368 e. The predicted molar refractivity (Wildman–Crippen MR) is 31.0 cm³/mol. The average molecular weight is 117 g/mol. The van der Waals surface area contributed by atoms with E-state index in [9.17, 15) is 0 Å². The molecule has 3 heteroatoms. The van der Waals surface area contributed by atoms with Gasteiger partial charge in [-0.15, -0.1) is 0 Å². The molecule has 0 unspecified atom stereocenters. The topological polar surface area (TPSA) is 66.5 Å². The van der Waals surface area contributed by atoms with E-state index in [0.29, 0.717) is 6.54 Å². The molecule has 3 nitrogen and oxygen atoms in total. The van der Waals surface area contributed by atoms with Gasteiger partial charge in [-0.2, -0.15) is 0 Å². The minimum absolute atomic E-state index is 0.261. The van der Waals surface area contributed by atoms with Crippen molar-refractivity contribution >= 4 is 0 Å². The highest BCUT2D eigenvalue weighted by Crippen LogP contribution is 1.85. The zero-order valence-corrected chi connectivity index (χ0v) is 4.62. The fraction of sp³-hybridized carbons (Fsp3) is 0.600. The van der Waals surface area contributed by atoms with E-state index >= 15 is 0 Å². The summed E-state index contributed by atoms with van der Waals surface area (Å²) in [5.41, 5.74) is 5.06. The first-order valence-corrected chi connectivity index (χ1v) is 2.48. The summed E-state index contributed by atoms with van der Waals surface area (Å²) in [7, 11) is 0. The molecule has 0 aliphatic rings. The molecule has 0 amide bonds. The molecular weight excluding hydrogens is 106 g/mol. The SMILES string of the molecule is NCC=CCC(O)O. The summed E-state index contributed by atoms with van der Waals surface area (Å²) in [6, 6.07) is 0. The lowest BCUT2D eigenvalue weighted by Crippen LogP contribution is -2.01. The van der Waals surface area contributed by atoms with Crippen molar-refractivity contribution in [3.63, 3.8) is 0 Å². The zero-order chi connectivity index (χ0) is 6.41. The monoisotopic (exact) mass is 117 g/mol. The Morgan fingerprint density at radius 2 is 2.00 bits per heavy atom. The molecule has 0 fully saturated rings. The minimum atomic E-state index is -1.24. The van der Waals surface area contributed by atoms with Crippen LogP contribution in [0.25, 0.3) is 0 Å². The summed E-state index contributed by atoms with van der Waals surface area (Å²) in [6.45, 7) is 0.451. The quantitative estimate of drug-likeness (QED) is 0.335. The fourth-order valence-corrected chi connectivity index (χ4v) is 0.314. The van der Waals surface area contributed by atoms with Gasteiger partial charge in [0, 0.05) is 13.0 Å². The third-order valence-corrected chi connectivity index (χ3v) is 0.650. The number of rotatable bonds is 3. The van der Waals surface area contributed by atoms with Crippen molar-refractivity contribution in [1.29, 1.82) is 0 Å². The Hall–Kier alpha value is -0.380. The number of nitrogens with two attached hydrogens (primary N) is 1. The lowest BCUT2D eigenvalue weighted by molar-refractivity contribution is -0.0361. The lowest BCUT2D eigenvalue weighted by atomic mass is 10.4. The van der Waals surface area contributed by atoms with E-state index in [1.165, 1.54) is 0 Å². The van der Waals surface area contributed by atoms with Gasteiger partial charge >= 0.3 is 0 Å². The van der Waals surface area contributed by atoms with Crippen molar-refractivity contribution in [2.75, 3.05) is 6.54 Å². The molecule has 0 spiro atoms. The van der Waals surface area contributed by atoms with E-state index in [1.54, 1.807) is 12.2 Å². The molecule has 48 valence electrons. The van der Waals surface area contributed by atoms with E-state index in [0.717, 1.165) is 0 Å². The van der Waals surface area contributed by atoms with Crippen LogP contribution >= 0.6 is 0 Å². The molecule has 0 aromatic carbocycles. The third kappa shape index (κ3) is 5.62. The van der Waals surface area contributed by atoms with Gasteiger partial charge in [-0.1, -0.05) is 12.2 Å². The summed E-state index contributed by atoms with van der Waals surface area (Å²) in [4.78, 5) is 0. The lowest BCUT2D eigenvalue weighted by Gasteiger charge is -1.93. The van der Waals surface area contributed by atoms with Crippen LogP contribution in [-0.2, 0) is 0 Å². The highest BCUT2D eigenvalue weighted by molar-refractivity contribution is 4.82. The van der Waals surface area contributed by atoms with Crippen molar-refractivity contribution in [1.82, 2.24) is 0 Å². The molecule has 0 aliphatic heterocycles. The van der Waals surface area contributed by atoms with Gasteiger partial charge in [-0.05, 0) is 0 Å². The standard InChI is InChI=1S/C5H11NO2/c6-4-2-1-3-5(7)8/h1-2,5,7-8H,3-4,6H2. The Morgan fingerprint density at radius 1 is 1.38 bits per heavy atom. The van der Waals surface area contributed by atoms with Crippen LogP contribution in [0.15, 0.2) is 12.2 Å². The van der Waals surface area contributed by atoms with Crippen LogP contribution in [0.3, 0.4) is 0 Å². The molecule has 0 rings (SSSR count). The summed E-state index contributed by atoms with van der Waals surface area (Å²) >= 11 is 0. The van der Waals surface area contributed by atoms with Gasteiger partial charge in [0.1, 0.15) is 0 Å². The van der Waals surface area contributed by atoms with Crippen LogP contribution < -0.4 is 5.73 Å². The number of hydrogen-bond acceptors (Lipinski definition) is 3. The molecule has 0 radical (unpaired) electrons. The van der Waals surface area contributed by atoms with E-state index in [4.69, 9.17) is 15.9 Å². The van der Waals surface area contributed by atoms with Gasteiger partial charge in [0.25, 0.3) is 0 Å². The van der Waals surface area contributed by atoms with Gasteiger partial charge in [-0.3, -0.25) is 0 Å². The van der Waals surface area contributed by atoms with Crippen LogP contribution in [0.2, 0.25) is 0 Å². The minimum Gasteiger partial charge on any atom is -0.368 e. The molecule has 0 bridgehead atoms.